The number of hydrogen-bond donors (Lipinski definition) is 1. The van der Waals surface area contributed by atoms with E-state index < -0.39 is 17.7 Å². The van der Waals surface area contributed by atoms with E-state index in [1.165, 1.54) is 29.4 Å². The number of carbonyl (C=O) groups excluding carboxylic acids is 2. The molecule has 1 fully saturated rings. The van der Waals surface area contributed by atoms with Crippen molar-refractivity contribution in [3.63, 3.8) is 0 Å². The van der Waals surface area contributed by atoms with E-state index in [9.17, 15) is 14.7 Å². The highest BCUT2D eigenvalue weighted by Crippen LogP contribution is 2.44. The van der Waals surface area contributed by atoms with Gasteiger partial charge in [0, 0.05) is 16.1 Å². The SMILES string of the molecule is COc1ccc(Cl)cc1/C(O)=C1\C(=O)C(=O)N(Cc2ccccn2)C1c1sccc1C. The molecule has 1 N–H and O–H groups in total. The molecule has 0 bridgehead atoms. The lowest BCUT2D eigenvalue weighted by Crippen LogP contribution is -2.29. The first kappa shape index (κ1) is 21.1. The van der Waals surface area contributed by atoms with Crippen molar-refractivity contribution in [3.05, 3.63) is 86.3 Å². The zero-order chi connectivity index (χ0) is 22.1. The van der Waals surface area contributed by atoms with E-state index in [4.69, 9.17) is 16.3 Å². The minimum Gasteiger partial charge on any atom is -0.507 e. The Labute approximate surface area is 188 Å². The monoisotopic (exact) mass is 454 g/mol. The number of nitrogens with zero attached hydrogens (tertiary/aromatic N) is 2. The Kier molecular flexibility index (Phi) is 5.80. The standard InChI is InChI=1S/C23H19ClN2O4S/c1-13-8-10-31-22(13)19-18(20(27)16-11-14(24)6-7-17(16)30-2)21(28)23(29)26(19)12-15-5-3-4-9-25-15/h3-11,19,27H,12H2,1-2H3/b20-18+. The summed E-state index contributed by atoms with van der Waals surface area (Å²) >= 11 is 7.55. The summed E-state index contributed by atoms with van der Waals surface area (Å²) in [5.74, 6) is -1.42. The van der Waals surface area contributed by atoms with Crippen molar-refractivity contribution < 1.29 is 19.4 Å². The first-order chi connectivity index (χ1) is 14.9. The van der Waals surface area contributed by atoms with Crippen LogP contribution in [-0.4, -0.2) is 33.8 Å². The van der Waals surface area contributed by atoms with Crippen molar-refractivity contribution in [2.45, 2.75) is 19.5 Å². The summed E-state index contributed by atoms with van der Waals surface area (Å²) < 4.78 is 5.35. The second-order valence-corrected chi connectivity index (χ2v) is 8.44. The molecule has 0 radical (unpaired) electrons. The highest BCUT2D eigenvalue weighted by atomic mass is 35.5. The van der Waals surface area contributed by atoms with Gasteiger partial charge in [-0.3, -0.25) is 14.6 Å². The third-order valence-electron chi connectivity index (χ3n) is 5.17. The number of aliphatic hydroxyl groups excluding tert-OH is 1. The molecule has 1 atom stereocenters. The van der Waals surface area contributed by atoms with Crippen LogP contribution in [0.4, 0.5) is 0 Å². The minimum absolute atomic E-state index is 0.00653. The van der Waals surface area contributed by atoms with Crippen molar-refractivity contribution in [1.82, 2.24) is 9.88 Å². The van der Waals surface area contributed by atoms with Gasteiger partial charge in [0.15, 0.2) is 0 Å². The molecule has 0 aliphatic carbocycles. The maximum Gasteiger partial charge on any atom is 0.296 e. The molecule has 1 unspecified atom stereocenters. The lowest BCUT2D eigenvalue weighted by molar-refractivity contribution is -0.140. The Bertz CT molecular complexity index is 1190. The number of thiophene rings is 1. The molecule has 0 spiro atoms. The van der Waals surface area contributed by atoms with Crippen LogP contribution < -0.4 is 4.74 Å². The molecule has 4 rings (SSSR count). The van der Waals surface area contributed by atoms with E-state index in [0.29, 0.717) is 16.5 Å². The largest absolute Gasteiger partial charge is 0.507 e. The normalized spacial score (nSPS) is 17.9. The highest BCUT2D eigenvalue weighted by Gasteiger charge is 2.47. The van der Waals surface area contributed by atoms with Crippen LogP contribution >= 0.6 is 22.9 Å². The van der Waals surface area contributed by atoms with Crippen LogP contribution in [0.1, 0.15) is 27.7 Å². The van der Waals surface area contributed by atoms with Gasteiger partial charge >= 0.3 is 0 Å². The Morgan fingerprint density at radius 2 is 2.06 bits per heavy atom. The van der Waals surface area contributed by atoms with Gasteiger partial charge in [0.25, 0.3) is 11.7 Å². The first-order valence-electron chi connectivity index (χ1n) is 9.48. The van der Waals surface area contributed by atoms with Gasteiger partial charge in [0.2, 0.25) is 0 Å². The molecule has 8 heteroatoms. The summed E-state index contributed by atoms with van der Waals surface area (Å²) in [7, 11) is 1.46. The summed E-state index contributed by atoms with van der Waals surface area (Å²) in [5, 5.41) is 13.5. The Balaban J connectivity index is 1.91. The average Bonchev–Trinajstić information content (AvgIpc) is 3.30. The molecule has 31 heavy (non-hydrogen) atoms. The molecule has 158 valence electrons. The van der Waals surface area contributed by atoms with Crippen LogP contribution in [0.25, 0.3) is 5.76 Å². The van der Waals surface area contributed by atoms with Crippen molar-refractivity contribution in [2.24, 2.45) is 0 Å². The molecule has 2 aromatic heterocycles. The lowest BCUT2D eigenvalue weighted by atomic mass is 9.98. The number of methoxy groups -OCH3 is 1. The summed E-state index contributed by atoms with van der Waals surface area (Å²) in [4.78, 5) is 32.7. The number of carbonyl (C=O) groups is 2. The number of ketones is 1. The van der Waals surface area contributed by atoms with Gasteiger partial charge in [0.05, 0.1) is 30.5 Å². The van der Waals surface area contributed by atoms with Crippen LogP contribution in [0.3, 0.4) is 0 Å². The lowest BCUT2D eigenvalue weighted by Gasteiger charge is -2.24. The van der Waals surface area contributed by atoms with E-state index in [0.717, 1.165) is 10.4 Å². The number of aryl methyl sites for hydroxylation is 1. The molecule has 3 heterocycles. The number of hydrogen-bond acceptors (Lipinski definition) is 6. The fourth-order valence-electron chi connectivity index (χ4n) is 3.66. The van der Waals surface area contributed by atoms with Gasteiger partial charge in [-0.15, -0.1) is 11.3 Å². The topological polar surface area (TPSA) is 79.7 Å². The molecule has 1 aliphatic rings. The zero-order valence-electron chi connectivity index (χ0n) is 16.8. The fourth-order valence-corrected chi connectivity index (χ4v) is 4.88. The van der Waals surface area contributed by atoms with Crippen molar-refractivity contribution in [3.8, 4) is 5.75 Å². The van der Waals surface area contributed by atoms with Crippen LogP contribution in [0.5, 0.6) is 5.75 Å². The summed E-state index contributed by atoms with van der Waals surface area (Å²) in [5.41, 5.74) is 1.83. The van der Waals surface area contributed by atoms with Gasteiger partial charge in [0.1, 0.15) is 17.6 Å². The Morgan fingerprint density at radius 3 is 2.71 bits per heavy atom. The number of halogens is 1. The van der Waals surface area contributed by atoms with E-state index in [-0.39, 0.29) is 23.4 Å². The van der Waals surface area contributed by atoms with Crippen molar-refractivity contribution in [2.75, 3.05) is 7.11 Å². The van der Waals surface area contributed by atoms with E-state index in [2.05, 4.69) is 4.98 Å². The quantitative estimate of drug-likeness (QED) is 0.342. The van der Waals surface area contributed by atoms with Crippen molar-refractivity contribution >= 4 is 40.4 Å². The maximum absolute atomic E-state index is 13.1. The summed E-state index contributed by atoms with van der Waals surface area (Å²) in [6.45, 7) is 2.05. The van der Waals surface area contributed by atoms with Gasteiger partial charge in [-0.2, -0.15) is 0 Å². The minimum atomic E-state index is -0.756. The number of aliphatic hydroxyl groups is 1. The predicted molar refractivity (Wildman–Crippen MR) is 119 cm³/mol. The zero-order valence-corrected chi connectivity index (χ0v) is 18.4. The summed E-state index contributed by atoms with van der Waals surface area (Å²) in [6, 6.07) is 11.3. The number of likely N-dealkylation sites (tertiary alicyclic amines) is 1. The van der Waals surface area contributed by atoms with Gasteiger partial charge in [-0.25, -0.2) is 0 Å². The number of rotatable bonds is 5. The fraction of sp³-hybridized carbons (Fsp3) is 0.174. The Hall–Kier alpha value is -3.16. The number of aromatic nitrogens is 1. The van der Waals surface area contributed by atoms with E-state index >= 15 is 0 Å². The molecule has 1 aromatic carbocycles. The van der Waals surface area contributed by atoms with E-state index in [1.54, 1.807) is 30.5 Å². The number of amides is 1. The third kappa shape index (κ3) is 3.82. The van der Waals surface area contributed by atoms with Crippen LogP contribution in [0.15, 0.2) is 59.6 Å². The smallest absolute Gasteiger partial charge is 0.296 e. The first-order valence-corrected chi connectivity index (χ1v) is 10.7. The van der Waals surface area contributed by atoms with Crippen LogP contribution in [0.2, 0.25) is 5.02 Å². The Morgan fingerprint density at radius 1 is 1.26 bits per heavy atom. The summed E-state index contributed by atoms with van der Waals surface area (Å²) in [6.07, 6.45) is 1.63. The van der Waals surface area contributed by atoms with Crippen LogP contribution in [0, 0.1) is 6.92 Å². The molecule has 1 aliphatic heterocycles. The number of ether oxygens (including phenoxy) is 1. The second kappa shape index (κ2) is 8.53. The molecular weight excluding hydrogens is 436 g/mol. The molecule has 1 saturated heterocycles. The molecule has 1 amide bonds. The molecule has 6 nitrogen and oxygen atoms in total. The second-order valence-electron chi connectivity index (χ2n) is 7.06. The number of pyridine rings is 1. The van der Waals surface area contributed by atoms with Crippen LogP contribution in [-0.2, 0) is 16.1 Å². The third-order valence-corrected chi connectivity index (χ3v) is 6.47. The van der Waals surface area contributed by atoms with Gasteiger partial charge in [-0.1, -0.05) is 17.7 Å². The van der Waals surface area contributed by atoms with Gasteiger partial charge in [-0.05, 0) is 54.3 Å². The highest BCUT2D eigenvalue weighted by molar-refractivity contribution is 7.10. The molecule has 3 aromatic rings. The number of benzene rings is 1. The maximum atomic E-state index is 13.1. The predicted octanol–water partition coefficient (Wildman–Crippen LogP) is 4.74. The molecule has 0 saturated carbocycles. The van der Waals surface area contributed by atoms with Gasteiger partial charge < -0.3 is 14.7 Å². The van der Waals surface area contributed by atoms with E-state index in [1.807, 2.05) is 24.4 Å². The van der Waals surface area contributed by atoms with Crippen molar-refractivity contribution in [1.29, 1.82) is 0 Å². The average molecular weight is 455 g/mol. The molecular formula is C23H19ClN2O4S. The number of Topliss-reactive ketones (excluding diaryl/α,β-unsaturated/α-hetero) is 1.